The van der Waals surface area contributed by atoms with Crippen LogP contribution in [0.2, 0.25) is 0 Å². The molecule has 0 amide bonds. The highest BCUT2D eigenvalue weighted by Crippen LogP contribution is 2.29. The Morgan fingerprint density at radius 1 is 1.07 bits per heavy atom. The summed E-state index contributed by atoms with van der Waals surface area (Å²) in [7, 11) is -3.70. The molecule has 2 aromatic carbocycles. The van der Waals surface area contributed by atoms with Crippen molar-refractivity contribution in [1.29, 1.82) is 0 Å². The number of benzene rings is 2. The lowest BCUT2D eigenvalue weighted by Gasteiger charge is -2.17. The SMILES string of the molecule is CCN(CC)CCCNS(=O)(=O)c1ccc(O)c(N=Cc2ccccc2O)c1. The quantitative estimate of drug-likeness (QED) is 0.417. The van der Waals surface area contributed by atoms with Crippen LogP contribution in [-0.4, -0.2) is 55.9 Å². The third kappa shape index (κ3) is 6.05. The number of nitrogens with one attached hydrogen (secondary N) is 1. The molecule has 3 N–H and O–H groups in total. The average Bonchev–Trinajstić information content (AvgIpc) is 2.68. The summed E-state index contributed by atoms with van der Waals surface area (Å²) in [5, 5.41) is 19.8. The van der Waals surface area contributed by atoms with E-state index in [-0.39, 0.29) is 22.1 Å². The minimum Gasteiger partial charge on any atom is -0.507 e. The van der Waals surface area contributed by atoms with Gasteiger partial charge in [0, 0.05) is 18.3 Å². The summed E-state index contributed by atoms with van der Waals surface area (Å²) in [5.74, 6) is -0.100. The predicted molar refractivity (Wildman–Crippen MR) is 111 cm³/mol. The zero-order chi connectivity index (χ0) is 20.6. The van der Waals surface area contributed by atoms with Crippen LogP contribution >= 0.6 is 0 Å². The number of rotatable bonds is 10. The highest BCUT2D eigenvalue weighted by Gasteiger charge is 2.15. The van der Waals surface area contributed by atoms with Gasteiger partial charge in [-0.15, -0.1) is 0 Å². The van der Waals surface area contributed by atoms with E-state index in [2.05, 4.69) is 28.5 Å². The van der Waals surface area contributed by atoms with Gasteiger partial charge in [-0.3, -0.25) is 4.99 Å². The number of nitrogens with zero attached hydrogens (tertiary/aromatic N) is 2. The van der Waals surface area contributed by atoms with Gasteiger partial charge in [-0.2, -0.15) is 0 Å². The number of phenolic OH excluding ortho intramolecular Hbond substituents is 2. The van der Waals surface area contributed by atoms with Crippen LogP contribution in [0.3, 0.4) is 0 Å². The van der Waals surface area contributed by atoms with Gasteiger partial charge in [0.25, 0.3) is 0 Å². The molecule has 0 atom stereocenters. The van der Waals surface area contributed by atoms with Gasteiger partial charge in [0.2, 0.25) is 10.0 Å². The number of para-hydroxylation sites is 1. The fourth-order valence-electron chi connectivity index (χ4n) is 2.64. The molecule has 0 heterocycles. The molecular weight excluding hydrogens is 378 g/mol. The van der Waals surface area contributed by atoms with E-state index >= 15 is 0 Å². The van der Waals surface area contributed by atoms with E-state index in [1.807, 2.05) is 0 Å². The maximum Gasteiger partial charge on any atom is 0.240 e. The molecule has 0 aliphatic carbocycles. The van der Waals surface area contributed by atoms with Crippen molar-refractivity contribution in [3.63, 3.8) is 0 Å². The highest BCUT2D eigenvalue weighted by atomic mass is 32.2. The Morgan fingerprint density at radius 3 is 2.46 bits per heavy atom. The number of sulfonamides is 1. The Labute approximate surface area is 166 Å². The first-order valence-corrected chi connectivity index (χ1v) is 10.7. The molecule has 0 unspecified atom stereocenters. The molecule has 0 bridgehead atoms. The number of hydrogen-bond acceptors (Lipinski definition) is 6. The molecule has 2 aromatic rings. The minimum absolute atomic E-state index is 0.0255. The summed E-state index contributed by atoms with van der Waals surface area (Å²) >= 11 is 0. The average molecular weight is 406 g/mol. The fourth-order valence-corrected chi connectivity index (χ4v) is 3.74. The van der Waals surface area contributed by atoms with Crippen molar-refractivity contribution >= 4 is 21.9 Å². The standard InChI is InChI=1S/C20H27N3O4S/c1-3-23(4-2)13-7-12-22-28(26,27)17-10-11-20(25)18(14-17)21-15-16-8-5-6-9-19(16)24/h5-6,8-11,14-15,22,24-25H,3-4,7,12-13H2,1-2H3. The Kier molecular flexibility index (Phi) is 7.98. The van der Waals surface area contributed by atoms with Gasteiger partial charge in [-0.05, 0) is 56.4 Å². The molecule has 7 nitrogen and oxygen atoms in total. The number of hydrogen-bond donors (Lipinski definition) is 3. The molecule has 0 saturated heterocycles. The van der Waals surface area contributed by atoms with E-state index in [1.54, 1.807) is 18.2 Å². The van der Waals surface area contributed by atoms with Crippen molar-refractivity contribution in [3.8, 4) is 11.5 Å². The van der Waals surface area contributed by atoms with Gasteiger partial charge in [0.05, 0.1) is 4.90 Å². The maximum absolute atomic E-state index is 12.5. The monoisotopic (exact) mass is 405 g/mol. The van der Waals surface area contributed by atoms with Crippen LogP contribution in [-0.2, 0) is 10.0 Å². The van der Waals surface area contributed by atoms with E-state index in [9.17, 15) is 18.6 Å². The maximum atomic E-state index is 12.5. The number of aliphatic imine (C=N–C) groups is 1. The molecule has 0 aliphatic rings. The third-order valence-corrected chi connectivity index (χ3v) is 5.83. The molecule has 152 valence electrons. The van der Waals surface area contributed by atoms with E-state index in [1.165, 1.54) is 30.5 Å². The van der Waals surface area contributed by atoms with Gasteiger partial charge < -0.3 is 15.1 Å². The molecule has 2 rings (SSSR count). The van der Waals surface area contributed by atoms with Gasteiger partial charge >= 0.3 is 0 Å². The van der Waals surface area contributed by atoms with E-state index in [0.29, 0.717) is 18.5 Å². The summed E-state index contributed by atoms with van der Waals surface area (Å²) in [4.78, 5) is 6.37. The van der Waals surface area contributed by atoms with Gasteiger partial charge in [0.15, 0.2) is 0 Å². The first kappa shape index (κ1) is 21.9. The molecule has 28 heavy (non-hydrogen) atoms. The van der Waals surface area contributed by atoms with Crippen LogP contribution in [0.1, 0.15) is 25.8 Å². The normalized spacial score (nSPS) is 12.1. The first-order valence-electron chi connectivity index (χ1n) is 9.24. The Bertz CT molecular complexity index is 909. The van der Waals surface area contributed by atoms with E-state index in [4.69, 9.17) is 0 Å². The van der Waals surface area contributed by atoms with E-state index < -0.39 is 10.0 Å². The molecule has 0 radical (unpaired) electrons. The minimum atomic E-state index is -3.70. The summed E-state index contributed by atoms with van der Waals surface area (Å²) in [6, 6.07) is 10.5. The fraction of sp³-hybridized carbons (Fsp3) is 0.350. The predicted octanol–water partition coefficient (Wildman–Crippen LogP) is 2.86. The Hall–Kier alpha value is -2.42. The molecular formula is C20H27N3O4S. The van der Waals surface area contributed by atoms with Gasteiger partial charge in [-0.1, -0.05) is 26.0 Å². The lowest BCUT2D eigenvalue weighted by molar-refractivity contribution is 0.300. The van der Waals surface area contributed by atoms with Crippen molar-refractivity contribution in [2.45, 2.75) is 25.2 Å². The van der Waals surface area contributed by atoms with Crippen LogP contribution in [0, 0.1) is 0 Å². The molecule has 0 aromatic heterocycles. The van der Waals surface area contributed by atoms with Crippen LogP contribution in [0.4, 0.5) is 5.69 Å². The highest BCUT2D eigenvalue weighted by molar-refractivity contribution is 7.89. The second-order valence-electron chi connectivity index (χ2n) is 6.25. The van der Waals surface area contributed by atoms with Gasteiger partial charge in [0.1, 0.15) is 17.2 Å². The van der Waals surface area contributed by atoms with Crippen LogP contribution < -0.4 is 4.72 Å². The van der Waals surface area contributed by atoms with Crippen LogP contribution in [0.25, 0.3) is 0 Å². The van der Waals surface area contributed by atoms with Crippen LogP contribution in [0.15, 0.2) is 52.4 Å². The zero-order valence-corrected chi connectivity index (χ0v) is 17.0. The van der Waals surface area contributed by atoms with Crippen molar-refractivity contribution in [3.05, 3.63) is 48.0 Å². The van der Waals surface area contributed by atoms with Crippen molar-refractivity contribution in [1.82, 2.24) is 9.62 Å². The first-order chi connectivity index (χ1) is 13.4. The molecule has 0 saturated carbocycles. The van der Waals surface area contributed by atoms with Crippen molar-refractivity contribution < 1.29 is 18.6 Å². The second kappa shape index (κ2) is 10.2. The largest absolute Gasteiger partial charge is 0.507 e. The summed E-state index contributed by atoms with van der Waals surface area (Å²) in [5.41, 5.74) is 0.568. The lowest BCUT2D eigenvalue weighted by Crippen LogP contribution is -2.30. The van der Waals surface area contributed by atoms with Gasteiger partial charge in [-0.25, -0.2) is 13.1 Å². The second-order valence-corrected chi connectivity index (χ2v) is 8.01. The molecule has 0 spiro atoms. The Balaban J connectivity index is 2.09. The zero-order valence-electron chi connectivity index (χ0n) is 16.2. The van der Waals surface area contributed by atoms with Crippen molar-refractivity contribution in [2.24, 2.45) is 4.99 Å². The topological polar surface area (TPSA) is 102 Å². The van der Waals surface area contributed by atoms with E-state index in [0.717, 1.165) is 19.6 Å². The summed E-state index contributed by atoms with van der Waals surface area (Å²) < 4.78 is 27.6. The molecule has 8 heteroatoms. The number of phenols is 2. The summed E-state index contributed by atoms with van der Waals surface area (Å²) in [6.07, 6.45) is 2.08. The molecule has 0 aliphatic heterocycles. The number of aromatic hydroxyl groups is 2. The molecule has 0 fully saturated rings. The lowest BCUT2D eigenvalue weighted by atomic mass is 10.2. The van der Waals surface area contributed by atoms with Crippen LogP contribution in [0.5, 0.6) is 11.5 Å². The summed E-state index contributed by atoms with van der Waals surface area (Å²) in [6.45, 7) is 7.15. The van der Waals surface area contributed by atoms with Crippen molar-refractivity contribution in [2.75, 3.05) is 26.2 Å². The third-order valence-electron chi connectivity index (χ3n) is 4.37. The smallest absolute Gasteiger partial charge is 0.240 e. The Morgan fingerprint density at radius 2 is 1.79 bits per heavy atom.